The monoisotopic (exact) mass is 486 g/mol. The van der Waals surface area contributed by atoms with E-state index in [1.54, 1.807) is 0 Å². The highest BCUT2D eigenvalue weighted by molar-refractivity contribution is 9.10. The van der Waals surface area contributed by atoms with Crippen LogP contribution in [0.3, 0.4) is 0 Å². The van der Waals surface area contributed by atoms with Crippen LogP contribution in [0.15, 0.2) is 101 Å². The quantitative estimate of drug-likeness (QED) is 0.393. The lowest BCUT2D eigenvalue weighted by atomic mass is 9.74. The van der Waals surface area contributed by atoms with Gasteiger partial charge in [-0.2, -0.15) is 0 Å². The zero-order valence-electron chi connectivity index (χ0n) is 18.5. The SMILES string of the molecule is CC1(C)CC(=O)C2=C(C1)N(c1ccccc1)C(c1cccc(Br)c1)N(c1ccccc1)C2. The Kier molecular flexibility index (Phi) is 5.42. The number of para-hydroxylation sites is 2. The molecule has 0 spiro atoms. The van der Waals surface area contributed by atoms with Crippen molar-refractivity contribution >= 4 is 33.1 Å². The first-order valence-electron chi connectivity index (χ1n) is 11.1. The Bertz CT molecular complexity index is 1170. The molecule has 0 aromatic heterocycles. The number of rotatable bonds is 3. The number of ketones is 1. The average molecular weight is 487 g/mol. The molecule has 1 heterocycles. The number of benzene rings is 3. The number of carbonyl (C=O) groups is 1. The summed E-state index contributed by atoms with van der Waals surface area (Å²) >= 11 is 3.67. The molecule has 1 aliphatic heterocycles. The minimum atomic E-state index is -0.0576. The van der Waals surface area contributed by atoms with Crippen molar-refractivity contribution in [2.24, 2.45) is 5.41 Å². The van der Waals surface area contributed by atoms with Crippen LogP contribution >= 0.6 is 15.9 Å². The van der Waals surface area contributed by atoms with Crippen LogP contribution in [0.25, 0.3) is 0 Å². The van der Waals surface area contributed by atoms with Crippen LogP contribution in [0.1, 0.15) is 38.4 Å². The van der Waals surface area contributed by atoms with Crippen LogP contribution < -0.4 is 9.80 Å². The van der Waals surface area contributed by atoms with Crippen molar-refractivity contribution < 1.29 is 4.79 Å². The fourth-order valence-electron chi connectivity index (χ4n) is 5.01. The van der Waals surface area contributed by atoms with E-state index in [2.05, 4.69) is 112 Å². The summed E-state index contributed by atoms with van der Waals surface area (Å²) < 4.78 is 1.05. The van der Waals surface area contributed by atoms with Gasteiger partial charge >= 0.3 is 0 Å². The summed E-state index contributed by atoms with van der Waals surface area (Å²) in [6.07, 6.45) is 1.42. The van der Waals surface area contributed by atoms with Crippen LogP contribution in [0.2, 0.25) is 0 Å². The first-order chi connectivity index (χ1) is 15.4. The predicted octanol–water partition coefficient (Wildman–Crippen LogP) is 7.12. The van der Waals surface area contributed by atoms with E-state index in [4.69, 9.17) is 0 Å². The Labute approximate surface area is 198 Å². The Morgan fingerprint density at radius 2 is 1.50 bits per heavy atom. The first-order valence-corrected chi connectivity index (χ1v) is 11.9. The van der Waals surface area contributed by atoms with Crippen molar-refractivity contribution in [2.75, 3.05) is 16.3 Å². The van der Waals surface area contributed by atoms with Crippen molar-refractivity contribution in [1.82, 2.24) is 0 Å². The molecular weight excluding hydrogens is 460 g/mol. The lowest BCUT2D eigenvalue weighted by Gasteiger charge is -2.51. The van der Waals surface area contributed by atoms with Gasteiger partial charge < -0.3 is 9.80 Å². The molecule has 0 radical (unpaired) electrons. The Balaban J connectivity index is 1.77. The third kappa shape index (κ3) is 3.88. The average Bonchev–Trinajstić information content (AvgIpc) is 2.78. The second kappa shape index (κ2) is 8.25. The molecule has 0 fully saturated rings. The maximum atomic E-state index is 13.4. The molecule has 4 heteroatoms. The van der Waals surface area contributed by atoms with Gasteiger partial charge in [0.1, 0.15) is 6.17 Å². The van der Waals surface area contributed by atoms with E-state index in [-0.39, 0.29) is 17.4 Å². The Hall–Kier alpha value is -2.85. The van der Waals surface area contributed by atoms with Crippen molar-refractivity contribution in [3.05, 3.63) is 106 Å². The second-order valence-corrected chi connectivity index (χ2v) is 10.4. The van der Waals surface area contributed by atoms with Crippen LogP contribution in [-0.2, 0) is 4.79 Å². The summed E-state index contributed by atoms with van der Waals surface area (Å²) in [6, 6.07) is 29.5. The number of Topliss-reactive ketones (excluding diaryl/α,β-unsaturated/α-hetero) is 1. The third-order valence-corrected chi connectivity index (χ3v) is 6.89. The van der Waals surface area contributed by atoms with Gasteiger partial charge in [-0.1, -0.05) is 78.3 Å². The number of hydrogen-bond acceptors (Lipinski definition) is 3. The summed E-state index contributed by atoms with van der Waals surface area (Å²) in [5, 5.41) is 0. The van der Waals surface area contributed by atoms with Gasteiger partial charge in [0.05, 0.1) is 6.54 Å². The third-order valence-electron chi connectivity index (χ3n) is 6.40. The van der Waals surface area contributed by atoms with Crippen molar-refractivity contribution in [1.29, 1.82) is 0 Å². The molecule has 0 saturated carbocycles. The zero-order valence-corrected chi connectivity index (χ0v) is 20.0. The highest BCUT2D eigenvalue weighted by Crippen LogP contribution is 2.48. The lowest BCUT2D eigenvalue weighted by molar-refractivity contribution is -0.118. The summed E-state index contributed by atoms with van der Waals surface area (Å²) in [4.78, 5) is 18.1. The molecule has 1 unspecified atom stereocenters. The van der Waals surface area contributed by atoms with Gasteiger partial charge in [-0.15, -0.1) is 0 Å². The van der Waals surface area contributed by atoms with Gasteiger partial charge in [0.2, 0.25) is 0 Å². The molecule has 2 aliphatic rings. The van der Waals surface area contributed by atoms with Gasteiger partial charge in [0, 0.05) is 33.5 Å². The zero-order chi connectivity index (χ0) is 22.3. The van der Waals surface area contributed by atoms with E-state index < -0.39 is 0 Å². The van der Waals surface area contributed by atoms with Gasteiger partial charge in [-0.3, -0.25) is 4.79 Å². The fourth-order valence-corrected chi connectivity index (χ4v) is 5.43. The molecule has 3 nitrogen and oxygen atoms in total. The highest BCUT2D eigenvalue weighted by atomic mass is 79.9. The molecule has 1 atom stereocenters. The van der Waals surface area contributed by atoms with E-state index in [1.165, 1.54) is 5.56 Å². The lowest BCUT2D eigenvalue weighted by Crippen LogP contribution is -2.51. The summed E-state index contributed by atoms with van der Waals surface area (Å²) in [6.45, 7) is 5.03. The van der Waals surface area contributed by atoms with Gasteiger partial charge in [-0.25, -0.2) is 0 Å². The molecule has 3 aromatic carbocycles. The molecular formula is C28H27BrN2O. The molecule has 162 valence electrons. The maximum Gasteiger partial charge on any atom is 0.162 e. The molecule has 0 saturated heterocycles. The molecule has 3 aromatic rings. The van der Waals surface area contributed by atoms with Crippen molar-refractivity contribution in [3.8, 4) is 0 Å². The number of nitrogens with zero attached hydrogens (tertiary/aromatic N) is 2. The van der Waals surface area contributed by atoms with Crippen LogP contribution in [0.4, 0.5) is 11.4 Å². The number of anilines is 2. The van der Waals surface area contributed by atoms with Crippen LogP contribution in [0, 0.1) is 5.41 Å². The van der Waals surface area contributed by atoms with E-state index in [0.717, 1.165) is 33.5 Å². The topological polar surface area (TPSA) is 23.6 Å². The van der Waals surface area contributed by atoms with Crippen LogP contribution in [-0.4, -0.2) is 12.3 Å². The number of hydrogen-bond donors (Lipinski definition) is 0. The molecule has 32 heavy (non-hydrogen) atoms. The number of carbonyl (C=O) groups excluding carboxylic acids is 1. The molecule has 0 N–H and O–H groups in total. The van der Waals surface area contributed by atoms with Gasteiger partial charge in [0.25, 0.3) is 0 Å². The largest absolute Gasteiger partial charge is 0.342 e. The molecule has 5 rings (SSSR count). The number of halogens is 1. The van der Waals surface area contributed by atoms with Crippen molar-refractivity contribution in [3.63, 3.8) is 0 Å². The highest BCUT2D eigenvalue weighted by Gasteiger charge is 2.43. The maximum absolute atomic E-state index is 13.4. The molecule has 0 bridgehead atoms. The normalized spacial score (nSPS) is 20.3. The van der Waals surface area contributed by atoms with Crippen LogP contribution in [0.5, 0.6) is 0 Å². The van der Waals surface area contributed by atoms with E-state index in [1.807, 2.05) is 12.1 Å². The van der Waals surface area contributed by atoms with Crippen molar-refractivity contribution in [2.45, 2.75) is 32.9 Å². The van der Waals surface area contributed by atoms with E-state index in [9.17, 15) is 4.79 Å². The summed E-state index contributed by atoms with van der Waals surface area (Å²) in [5.74, 6) is 0.269. The van der Waals surface area contributed by atoms with Gasteiger partial charge in [0.15, 0.2) is 5.78 Å². The Morgan fingerprint density at radius 1 is 0.844 bits per heavy atom. The minimum absolute atomic E-state index is 0.0559. The van der Waals surface area contributed by atoms with Gasteiger partial charge in [-0.05, 0) is 53.8 Å². The minimum Gasteiger partial charge on any atom is -0.342 e. The summed E-state index contributed by atoms with van der Waals surface area (Å²) in [5.41, 5.74) is 5.46. The fraction of sp³-hybridized carbons (Fsp3) is 0.250. The second-order valence-electron chi connectivity index (χ2n) is 9.46. The van der Waals surface area contributed by atoms with E-state index in [0.29, 0.717) is 13.0 Å². The smallest absolute Gasteiger partial charge is 0.162 e. The predicted molar refractivity (Wildman–Crippen MR) is 135 cm³/mol. The summed E-state index contributed by atoms with van der Waals surface area (Å²) in [7, 11) is 0. The standard InChI is InChI=1S/C28H27BrN2O/c1-28(2)17-25-24(26(32)18-28)19-30(22-12-5-3-6-13-22)27(20-10-9-11-21(29)16-20)31(25)23-14-7-4-8-15-23/h3-16,27H,17-19H2,1-2H3. The number of allylic oxidation sites excluding steroid dienone is 1. The molecule has 1 aliphatic carbocycles. The van der Waals surface area contributed by atoms with E-state index >= 15 is 0 Å². The Morgan fingerprint density at radius 3 is 2.16 bits per heavy atom. The first kappa shape index (κ1) is 21.0. The molecule has 0 amide bonds.